The van der Waals surface area contributed by atoms with E-state index in [0.29, 0.717) is 5.92 Å². The predicted molar refractivity (Wildman–Crippen MR) is 70.3 cm³/mol. The lowest BCUT2D eigenvalue weighted by Gasteiger charge is -2.17. The normalized spacial score (nSPS) is 13.3. The number of hydrogen-bond donors (Lipinski definition) is 0. The monoisotopic (exact) mass is 274 g/mol. The van der Waals surface area contributed by atoms with Crippen molar-refractivity contribution in [1.82, 2.24) is 0 Å². The van der Waals surface area contributed by atoms with E-state index in [4.69, 9.17) is 0 Å². The van der Waals surface area contributed by atoms with Crippen molar-refractivity contribution in [3.63, 3.8) is 0 Å². The molecular formula is C15H21F3O. The summed E-state index contributed by atoms with van der Waals surface area (Å²) in [4.78, 5) is 0. The molecule has 19 heavy (non-hydrogen) atoms. The van der Waals surface area contributed by atoms with E-state index in [1.165, 1.54) is 12.1 Å². The van der Waals surface area contributed by atoms with Gasteiger partial charge in [-0.05, 0) is 36.5 Å². The molecule has 1 nitrogen and oxygen atoms in total. The van der Waals surface area contributed by atoms with Gasteiger partial charge in [-0.3, -0.25) is 0 Å². The fraction of sp³-hybridized carbons (Fsp3) is 0.600. The lowest BCUT2D eigenvalue weighted by atomic mass is 9.90. The van der Waals surface area contributed by atoms with Crippen LogP contribution < -0.4 is 4.74 Å². The van der Waals surface area contributed by atoms with Crippen molar-refractivity contribution < 1.29 is 17.9 Å². The molecular weight excluding hydrogens is 253 g/mol. The van der Waals surface area contributed by atoms with Crippen molar-refractivity contribution in [1.29, 1.82) is 0 Å². The molecule has 0 saturated carbocycles. The van der Waals surface area contributed by atoms with E-state index in [0.717, 1.165) is 37.7 Å². The van der Waals surface area contributed by atoms with Gasteiger partial charge < -0.3 is 4.74 Å². The predicted octanol–water partition coefficient (Wildman–Crippen LogP) is 5.66. The maximum absolute atomic E-state index is 12.1. The second-order valence-corrected chi connectivity index (χ2v) is 4.74. The van der Waals surface area contributed by atoms with Crippen molar-refractivity contribution in [3.05, 3.63) is 29.8 Å². The van der Waals surface area contributed by atoms with Crippen LogP contribution in [0.3, 0.4) is 0 Å². The zero-order valence-corrected chi connectivity index (χ0v) is 11.5. The molecule has 1 atom stereocenters. The van der Waals surface area contributed by atoms with E-state index in [2.05, 4.69) is 18.6 Å². The van der Waals surface area contributed by atoms with E-state index in [1.807, 2.05) is 0 Å². The average Bonchev–Trinajstić information content (AvgIpc) is 2.34. The molecule has 1 rings (SSSR count). The summed E-state index contributed by atoms with van der Waals surface area (Å²) in [6, 6.07) is 6.29. The Labute approximate surface area is 112 Å². The summed E-state index contributed by atoms with van der Waals surface area (Å²) in [7, 11) is 0. The molecule has 0 aliphatic rings. The Kier molecular flexibility index (Phi) is 6.19. The number of ether oxygens (including phenoxy) is 1. The number of alkyl halides is 3. The molecule has 4 heteroatoms. The molecule has 0 fully saturated rings. The Morgan fingerprint density at radius 2 is 1.63 bits per heavy atom. The van der Waals surface area contributed by atoms with Gasteiger partial charge in [-0.15, -0.1) is 13.2 Å². The van der Waals surface area contributed by atoms with Crippen LogP contribution >= 0.6 is 0 Å². The minimum atomic E-state index is -4.62. The van der Waals surface area contributed by atoms with Gasteiger partial charge in [0, 0.05) is 0 Å². The van der Waals surface area contributed by atoms with Crippen LogP contribution in [0.25, 0.3) is 0 Å². The highest BCUT2D eigenvalue weighted by Gasteiger charge is 2.31. The standard InChI is InChI=1S/C15H21F3O/c1-3-5-7-12(6-4-2)13-8-10-14(11-9-13)19-15(16,17)18/h8-12H,3-7H2,1-2H3. The smallest absolute Gasteiger partial charge is 0.406 e. The summed E-state index contributed by atoms with van der Waals surface area (Å²) >= 11 is 0. The first-order valence-corrected chi connectivity index (χ1v) is 6.82. The lowest BCUT2D eigenvalue weighted by molar-refractivity contribution is -0.274. The van der Waals surface area contributed by atoms with Gasteiger partial charge in [0.25, 0.3) is 0 Å². The van der Waals surface area contributed by atoms with Crippen LogP contribution in [0.1, 0.15) is 57.4 Å². The van der Waals surface area contributed by atoms with Gasteiger partial charge in [0.15, 0.2) is 0 Å². The minimum Gasteiger partial charge on any atom is -0.406 e. The summed E-state index contributed by atoms with van der Waals surface area (Å²) in [5, 5.41) is 0. The number of hydrogen-bond acceptors (Lipinski definition) is 1. The molecule has 0 saturated heterocycles. The first kappa shape index (κ1) is 15.9. The van der Waals surface area contributed by atoms with E-state index in [9.17, 15) is 13.2 Å². The minimum absolute atomic E-state index is 0.151. The van der Waals surface area contributed by atoms with Gasteiger partial charge in [0.05, 0.1) is 0 Å². The Morgan fingerprint density at radius 3 is 2.11 bits per heavy atom. The third-order valence-corrected chi connectivity index (χ3v) is 3.13. The summed E-state index contributed by atoms with van der Waals surface area (Å²) in [6.07, 6.45) is 0.895. The first-order chi connectivity index (χ1) is 8.96. The fourth-order valence-corrected chi connectivity index (χ4v) is 2.22. The van der Waals surface area contributed by atoms with E-state index in [-0.39, 0.29) is 5.75 Å². The zero-order chi connectivity index (χ0) is 14.3. The molecule has 1 aromatic rings. The molecule has 0 heterocycles. The molecule has 108 valence electrons. The van der Waals surface area contributed by atoms with Crippen molar-refractivity contribution in [2.75, 3.05) is 0 Å². The van der Waals surface area contributed by atoms with Crippen LogP contribution in [-0.4, -0.2) is 6.36 Å². The molecule has 1 unspecified atom stereocenters. The highest BCUT2D eigenvalue weighted by atomic mass is 19.4. The lowest BCUT2D eigenvalue weighted by Crippen LogP contribution is -2.17. The maximum Gasteiger partial charge on any atom is 0.573 e. The van der Waals surface area contributed by atoms with Crippen molar-refractivity contribution >= 4 is 0 Å². The highest BCUT2D eigenvalue weighted by Crippen LogP contribution is 2.29. The Morgan fingerprint density at radius 1 is 1.00 bits per heavy atom. The molecule has 0 spiro atoms. The van der Waals surface area contributed by atoms with Crippen molar-refractivity contribution in [2.45, 2.75) is 58.2 Å². The summed E-state index contributed by atoms with van der Waals surface area (Å²) in [5.74, 6) is 0.284. The van der Waals surface area contributed by atoms with Gasteiger partial charge in [-0.25, -0.2) is 0 Å². The van der Waals surface area contributed by atoms with E-state index < -0.39 is 6.36 Å². The second kappa shape index (κ2) is 7.41. The molecule has 0 aliphatic carbocycles. The summed E-state index contributed by atoms with van der Waals surface area (Å²) in [5.41, 5.74) is 1.10. The average molecular weight is 274 g/mol. The van der Waals surface area contributed by atoms with Gasteiger partial charge >= 0.3 is 6.36 Å². The SMILES string of the molecule is CCCCC(CCC)c1ccc(OC(F)(F)F)cc1. The maximum atomic E-state index is 12.1. The largest absolute Gasteiger partial charge is 0.573 e. The van der Waals surface area contributed by atoms with Gasteiger partial charge in [0.1, 0.15) is 5.75 Å². The molecule has 0 bridgehead atoms. The molecule has 1 aromatic carbocycles. The molecule has 0 aromatic heterocycles. The van der Waals surface area contributed by atoms with Gasteiger partial charge in [-0.2, -0.15) is 0 Å². The number of rotatable bonds is 7. The quantitative estimate of drug-likeness (QED) is 0.623. The number of unbranched alkanes of at least 4 members (excludes halogenated alkanes) is 1. The van der Waals surface area contributed by atoms with Crippen LogP contribution in [0.2, 0.25) is 0 Å². The van der Waals surface area contributed by atoms with Crippen LogP contribution in [0.4, 0.5) is 13.2 Å². The summed E-state index contributed by atoms with van der Waals surface area (Å²) < 4.78 is 40.1. The van der Waals surface area contributed by atoms with Crippen molar-refractivity contribution in [2.24, 2.45) is 0 Å². The van der Waals surface area contributed by atoms with Crippen LogP contribution in [-0.2, 0) is 0 Å². The third-order valence-electron chi connectivity index (χ3n) is 3.13. The van der Waals surface area contributed by atoms with E-state index >= 15 is 0 Å². The fourth-order valence-electron chi connectivity index (χ4n) is 2.22. The second-order valence-electron chi connectivity index (χ2n) is 4.74. The van der Waals surface area contributed by atoms with Gasteiger partial charge in [-0.1, -0.05) is 45.2 Å². The number of halogens is 3. The Bertz CT molecular complexity index is 357. The van der Waals surface area contributed by atoms with Gasteiger partial charge in [0.2, 0.25) is 0 Å². The first-order valence-electron chi connectivity index (χ1n) is 6.82. The molecule has 0 amide bonds. The third kappa shape index (κ3) is 5.99. The van der Waals surface area contributed by atoms with Crippen LogP contribution in [0.5, 0.6) is 5.75 Å². The van der Waals surface area contributed by atoms with Crippen LogP contribution in [0.15, 0.2) is 24.3 Å². The Hall–Kier alpha value is -1.19. The van der Waals surface area contributed by atoms with E-state index in [1.54, 1.807) is 12.1 Å². The molecule has 0 aliphatic heterocycles. The summed E-state index contributed by atoms with van der Waals surface area (Å²) in [6.45, 7) is 4.27. The number of benzene rings is 1. The van der Waals surface area contributed by atoms with Crippen molar-refractivity contribution in [3.8, 4) is 5.75 Å². The highest BCUT2D eigenvalue weighted by molar-refractivity contribution is 5.29. The zero-order valence-electron chi connectivity index (χ0n) is 11.5. The Balaban J connectivity index is 2.71. The van der Waals surface area contributed by atoms with Crippen LogP contribution in [0, 0.1) is 0 Å². The molecule has 0 radical (unpaired) electrons. The topological polar surface area (TPSA) is 9.23 Å². The molecule has 0 N–H and O–H groups in total.